The van der Waals surface area contributed by atoms with Gasteiger partial charge in [-0.15, -0.1) is 0 Å². The molecule has 0 saturated heterocycles. The Morgan fingerprint density at radius 1 is 1.64 bits per heavy atom. The van der Waals surface area contributed by atoms with Gasteiger partial charge in [0.1, 0.15) is 12.4 Å². The van der Waals surface area contributed by atoms with Crippen LogP contribution in [0.4, 0.5) is 0 Å². The summed E-state index contributed by atoms with van der Waals surface area (Å²) in [6.45, 7) is 8.09. The third-order valence-corrected chi connectivity index (χ3v) is 1.79. The van der Waals surface area contributed by atoms with Crippen LogP contribution < -0.4 is 4.57 Å². The van der Waals surface area contributed by atoms with Gasteiger partial charge in [-0.3, -0.25) is 0 Å². The normalized spacial score (nSPS) is 10.5. The average Bonchev–Trinajstić information content (AvgIpc) is 2.30. The molecule has 11 heavy (non-hydrogen) atoms. The predicted octanol–water partition coefficient (Wildman–Crippen LogP) is 1.54. The van der Waals surface area contributed by atoms with Crippen LogP contribution in [0.3, 0.4) is 0 Å². The number of hydrogen-bond donors (Lipinski definition) is 0. The van der Waals surface area contributed by atoms with Crippen LogP contribution in [0.5, 0.6) is 0 Å². The molecular weight excluding hydrogens is 136 g/mol. The Kier molecular flexibility index (Phi) is 2.13. The number of nitrogens with zero attached hydrogens (tertiary/aromatic N) is 2. The Balaban J connectivity index is 3.17. The van der Waals surface area contributed by atoms with E-state index in [9.17, 15) is 0 Å². The molecule has 0 amide bonds. The SMILES string of the molecule is C=Cn1cc[n+](C)c1C(C)C. The predicted molar refractivity (Wildman–Crippen MR) is 46.1 cm³/mol. The molecule has 0 spiro atoms. The summed E-state index contributed by atoms with van der Waals surface area (Å²) in [4.78, 5) is 0. The Hall–Kier alpha value is -1.05. The number of rotatable bonds is 2. The summed E-state index contributed by atoms with van der Waals surface area (Å²) < 4.78 is 4.16. The zero-order valence-electron chi connectivity index (χ0n) is 7.41. The molecule has 1 aromatic heterocycles. The number of aromatic nitrogens is 2. The first-order chi connectivity index (χ1) is 5.16. The second kappa shape index (κ2) is 2.91. The summed E-state index contributed by atoms with van der Waals surface area (Å²) in [7, 11) is 2.05. The zero-order chi connectivity index (χ0) is 8.43. The van der Waals surface area contributed by atoms with E-state index in [-0.39, 0.29) is 0 Å². The van der Waals surface area contributed by atoms with E-state index >= 15 is 0 Å². The van der Waals surface area contributed by atoms with Gasteiger partial charge in [0.2, 0.25) is 0 Å². The van der Waals surface area contributed by atoms with E-state index in [1.807, 2.05) is 23.2 Å². The van der Waals surface area contributed by atoms with Crippen LogP contribution in [-0.4, -0.2) is 4.57 Å². The molecule has 1 heterocycles. The van der Waals surface area contributed by atoms with E-state index in [4.69, 9.17) is 0 Å². The summed E-state index contributed by atoms with van der Waals surface area (Å²) in [5.41, 5.74) is 0. The van der Waals surface area contributed by atoms with Crippen molar-refractivity contribution in [2.75, 3.05) is 0 Å². The van der Waals surface area contributed by atoms with Crippen LogP contribution in [0, 0.1) is 0 Å². The van der Waals surface area contributed by atoms with E-state index in [1.54, 1.807) is 0 Å². The maximum absolute atomic E-state index is 3.74. The Morgan fingerprint density at radius 3 is 2.64 bits per heavy atom. The zero-order valence-corrected chi connectivity index (χ0v) is 7.41. The molecule has 0 fully saturated rings. The molecule has 2 heteroatoms. The molecule has 0 aliphatic heterocycles. The lowest BCUT2D eigenvalue weighted by Crippen LogP contribution is -2.32. The quantitative estimate of drug-likeness (QED) is 0.567. The van der Waals surface area contributed by atoms with Gasteiger partial charge >= 0.3 is 0 Å². The summed E-state index contributed by atoms with van der Waals surface area (Å²) in [6, 6.07) is 0. The Bertz CT molecular complexity index is 259. The van der Waals surface area contributed by atoms with Crippen molar-refractivity contribution in [1.82, 2.24) is 4.57 Å². The lowest BCUT2D eigenvalue weighted by atomic mass is 10.2. The van der Waals surface area contributed by atoms with Gasteiger partial charge in [0.25, 0.3) is 5.82 Å². The van der Waals surface area contributed by atoms with Crippen LogP contribution >= 0.6 is 0 Å². The monoisotopic (exact) mass is 151 g/mol. The molecule has 2 nitrogen and oxygen atoms in total. The molecule has 0 aromatic carbocycles. The molecule has 0 aliphatic rings. The van der Waals surface area contributed by atoms with Crippen LogP contribution in [-0.2, 0) is 7.05 Å². The second-order valence-electron chi connectivity index (χ2n) is 3.01. The first-order valence-corrected chi connectivity index (χ1v) is 3.85. The van der Waals surface area contributed by atoms with E-state index in [0.717, 1.165) is 0 Å². The number of aryl methyl sites for hydroxylation is 1. The van der Waals surface area contributed by atoms with Gasteiger partial charge in [0.05, 0.1) is 19.2 Å². The van der Waals surface area contributed by atoms with E-state index in [1.165, 1.54) is 5.82 Å². The first kappa shape index (κ1) is 8.05. The molecule has 0 radical (unpaired) electrons. The van der Waals surface area contributed by atoms with Gasteiger partial charge in [0.15, 0.2) is 0 Å². The topological polar surface area (TPSA) is 8.81 Å². The fraction of sp³-hybridized carbons (Fsp3) is 0.444. The van der Waals surface area contributed by atoms with Gasteiger partial charge < -0.3 is 0 Å². The maximum atomic E-state index is 3.74. The molecule has 0 atom stereocenters. The third kappa shape index (κ3) is 1.34. The largest absolute Gasteiger partial charge is 0.263 e. The van der Waals surface area contributed by atoms with Crippen LogP contribution in [0.1, 0.15) is 25.6 Å². The van der Waals surface area contributed by atoms with Gasteiger partial charge in [-0.2, -0.15) is 0 Å². The summed E-state index contributed by atoms with van der Waals surface area (Å²) in [6.07, 6.45) is 5.88. The van der Waals surface area contributed by atoms with Crippen molar-refractivity contribution in [3.8, 4) is 0 Å². The first-order valence-electron chi connectivity index (χ1n) is 3.85. The van der Waals surface area contributed by atoms with Crippen molar-refractivity contribution in [2.24, 2.45) is 7.05 Å². The fourth-order valence-electron chi connectivity index (χ4n) is 1.37. The highest BCUT2D eigenvalue weighted by Gasteiger charge is 2.15. The summed E-state index contributed by atoms with van der Waals surface area (Å²) in [5.74, 6) is 1.81. The second-order valence-corrected chi connectivity index (χ2v) is 3.01. The van der Waals surface area contributed by atoms with Crippen molar-refractivity contribution in [2.45, 2.75) is 19.8 Å². The maximum Gasteiger partial charge on any atom is 0.263 e. The van der Waals surface area contributed by atoms with E-state index in [2.05, 4.69) is 32.0 Å². The minimum Gasteiger partial charge on any atom is -0.236 e. The molecule has 1 aromatic rings. The standard InChI is InChI=1S/C9H15N2/c1-5-11-7-6-10(4)9(11)8(2)3/h5-8H,1H2,2-4H3/q+1. The molecule has 0 bridgehead atoms. The highest BCUT2D eigenvalue weighted by atomic mass is 15.1. The lowest BCUT2D eigenvalue weighted by molar-refractivity contribution is -0.679. The molecule has 0 N–H and O–H groups in total. The summed E-state index contributed by atoms with van der Waals surface area (Å²) in [5, 5.41) is 0. The van der Waals surface area contributed by atoms with E-state index in [0.29, 0.717) is 5.92 Å². The highest BCUT2D eigenvalue weighted by Crippen LogP contribution is 2.09. The number of hydrogen-bond acceptors (Lipinski definition) is 0. The van der Waals surface area contributed by atoms with Gasteiger partial charge in [-0.05, 0) is 0 Å². The molecule has 0 unspecified atom stereocenters. The lowest BCUT2D eigenvalue weighted by Gasteiger charge is -2.00. The van der Waals surface area contributed by atoms with E-state index < -0.39 is 0 Å². The third-order valence-electron chi connectivity index (χ3n) is 1.79. The smallest absolute Gasteiger partial charge is 0.236 e. The average molecular weight is 151 g/mol. The Morgan fingerprint density at radius 2 is 2.27 bits per heavy atom. The van der Waals surface area contributed by atoms with Crippen LogP contribution in [0.15, 0.2) is 19.0 Å². The molecule has 1 rings (SSSR count). The van der Waals surface area contributed by atoms with Crippen molar-refractivity contribution in [3.05, 3.63) is 24.8 Å². The van der Waals surface area contributed by atoms with Crippen LogP contribution in [0.2, 0.25) is 0 Å². The Labute approximate surface area is 67.8 Å². The molecular formula is C9H15N2+. The minimum atomic E-state index is 0.535. The minimum absolute atomic E-state index is 0.535. The van der Waals surface area contributed by atoms with Gasteiger partial charge in [-0.25, -0.2) is 9.13 Å². The highest BCUT2D eigenvalue weighted by molar-refractivity contribution is 5.18. The van der Waals surface area contributed by atoms with Gasteiger partial charge in [0, 0.05) is 0 Å². The molecule has 0 aliphatic carbocycles. The van der Waals surface area contributed by atoms with Crippen molar-refractivity contribution in [3.63, 3.8) is 0 Å². The van der Waals surface area contributed by atoms with Crippen molar-refractivity contribution >= 4 is 6.20 Å². The molecule has 0 saturated carbocycles. The summed E-state index contributed by atoms with van der Waals surface area (Å²) >= 11 is 0. The van der Waals surface area contributed by atoms with Crippen molar-refractivity contribution < 1.29 is 4.57 Å². The fourth-order valence-corrected chi connectivity index (χ4v) is 1.37. The van der Waals surface area contributed by atoms with Crippen molar-refractivity contribution in [1.29, 1.82) is 0 Å². The van der Waals surface area contributed by atoms with Gasteiger partial charge in [-0.1, -0.05) is 20.4 Å². The van der Waals surface area contributed by atoms with Crippen LogP contribution in [0.25, 0.3) is 6.20 Å². The number of imidazole rings is 1. The molecule has 60 valence electrons.